The number of aromatic nitrogens is 1. The number of hydrogen-bond acceptors (Lipinski definition) is 3. The average Bonchev–Trinajstić information content (AvgIpc) is 2.66. The topological polar surface area (TPSA) is 52.0 Å². The van der Waals surface area contributed by atoms with Gasteiger partial charge in [0.2, 0.25) is 0 Å². The van der Waals surface area contributed by atoms with Gasteiger partial charge in [-0.2, -0.15) is 0 Å². The maximum atomic E-state index is 5.70. The van der Waals surface area contributed by atoms with Crippen LogP contribution in [0.1, 0.15) is 18.2 Å². The summed E-state index contributed by atoms with van der Waals surface area (Å²) in [5, 5.41) is 4.04. The van der Waals surface area contributed by atoms with Crippen LogP contribution >= 0.6 is 0 Å². The van der Waals surface area contributed by atoms with Crippen molar-refractivity contribution in [3.63, 3.8) is 0 Å². The molecule has 0 aliphatic heterocycles. The predicted molar refractivity (Wildman–Crippen MR) is 64.0 cm³/mol. The molecule has 0 spiro atoms. The lowest BCUT2D eigenvalue weighted by Crippen LogP contribution is -2.17. The van der Waals surface area contributed by atoms with Gasteiger partial charge >= 0.3 is 0 Å². The summed E-state index contributed by atoms with van der Waals surface area (Å²) in [7, 11) is 0. The van der Waals surface area contributed by atoms with E-state index < -0.39 is 0 Å². The highest BCUT2D eigenvalue weighted by Crippen LogP contribution is 2.19. The molecular formula is C13H16N2O. The average molecular weight is 216 g/mol. The van der Waals surface area contributed by atoms with Crippen molar-refractivity contribution in [2.75, 3.05) is 0 Å². The van der Waals surface area contributed by atoms with E-state index in [1.807, 2.05) is 25.1 Å². The molecule has 2 rings (SSSR count). The molecule has 2 aromatic rings. The van der Waals surface area contributed by atoms with E-state index in [4.69, 9.17) is 10.3 Å². The summed E-state index contributed by atoms with van der Waals surface area (Å²) < 4.78 is 5.23. The van der Waals surface area contributed by atoms with Crippen LogP contribution in [0.3, 0.4) is 0 Å². The van der Waals surface area contributed by atoms with Gasteiger partial charge in [0.05, 0.1) is 0 Å². The lowest BCUT2D eigenvalue weighted by molar-refractivity contribution is 0.378. The van der Waals surface area contributed by atoms with E-state index in [1.54, 1.807) is 0 Å². The van der Waals surface area contributed by atoms with E-state index in [-0.39, 0.29) is 6.04 Å². The zero-order valence-electron chi connectivity index (χ0n) is 9.60. The summed E-state index contributed by atoms with van der Waals surface area (Å²) in [5.41, 5.74) is 8.89. The van der Waals surface area contributed by atoms with E-state index >= 15 is 0 Å². The van der Waals surface area contributed by atoms with Crippen molar-refractivity contribution in [2.45, 2.75) is 26.3 Å². The van der Waals surface area contributed by atoms with Gasteiger partial charge in [0.15, 0.2) is 0 Å². The first-order chi connectivity index (χ1) is 7.65. The van der Waals surface area contributed by atoms with Crippen molar-refractivity contribution >= 4 is 0 Å². The molecule has 1 atom stereocenters. The van der Waals surface area contributed by atoms with Crippen LogP contribution < -0.4 is 5.73 Å². The third-order valence-corrected chi connectivity index (χ3v) is 2.43. The molecule has 1 unspecified atom stereocenters. The molecule has 0 aliphatic rings. The van der Waals surface area contributed by atoms with Crippen LogP contribution in [0.4, 0.5) is 0 Å². The van der Waals surface area contributed by atoms with Crippen LogP contribution in [0.2, 0.25) is 0 Å². The quantitative estimate of drug-likeness (QED) is 0.857. The van der Waals surface area contributed by atoms with Gasteiger partial charge in [-0.1, -0.05) is 35.0 Å². The molecule has 0 fully saturated rings. The van der Waals surface area contributed by atoms with E-state index in [9.17, 15) is 0 Å². The molecule has 3 heteroatoms. The largest absolute Gasteiger partial charge is 0.361 e. The van der Waals surface area contributed by atoms with Gasteiger partial charge in [-0.15, -0.1) is 0 Å². The van der Waals surface area contributed by atoms with Gasteiger partial charge in [0.1, 0.15) is 11.5 Å². The van der Waals surface area contributed by atoms with Crippen LogP contribution in [0.25, 0.3) is 11.3 Å². The number of nitrogens with two attached hydrogens (primary N) is 1. The van der Waals surface area contributed by atoms with Gasteiger partial charge in [0, 0.05) is 24.1 Å². The Balaban J connectivity index is 2.21. The normalized spacial score (nSPS) is 12.7. The summed E-state index contributed by atoms with van der Waals surface area (Å²) in [4.78, 5) is 0. The van der Waals surface area contributed by atoms with Crippen molar-refractivity contribution < 1.29 is 4.52 Å². The highest BCUT2D eigenvalue weighted by Gasteiger charge is 2.07. The summed E-state index contributed by atoms with van der Waals surface area (Å²) in [6, 6.07) is 10.3. The summed E-state index contributed by atoms with van der Waals surface area (Å²) >= 11 is 0. The number of hydrogen-bond donors (Lipinski definition) is 1. The van der Waals surface area contributed by atoms with Gasteiger partial charge in [-0.3, -0.25) is 0 Å². The van der Waals surface area contributed by atoms with E-state index in [2.05, 4.69) is 24.2 Å². The Bertz CT molecular complexity index is 457. The second-order valence-corrected chi connectivity index (χ2v) is 4.23. The van der Waals surface area contributed by atoms with Crippen LogP contribution in [0, 0.1) is 6.92 Å². The second-order valence-electron chi connectivity index (χ2n) is 4.23. The minimum atomic E-state index is 0.0961. The van der Waals surface area contributed by atoms with Crippen molar-refractivity contribution in [1.82, 2.24) is 5.16 Å². The van der Waals surface area contributed by atoms with E-state index in [0.29, 0.717) is 0 Å². The van der Waals surface area contributed by atoms with Crippen molar-refractivity contribution in [2.24, 2.45) is 5.73 Å². The van der Waals surface area contributed by atoms with Crippen molar-refractivity contribution in [1.29, 1.82) is 0 Å². The smallest absolute Gasteiger partial charge is 0.138 e. The molecule has 0 bridgehead atoms. The minimum Gasteiger partial charge on any atom is -0.361 e. The molecule has 2 N–H and O–H groups in total. The molecule has 1 aromatic heterocycles. The predicted octanol–water partition coefficient (Wildman–Crippen LogP) is 2.54. The molecular weight excluding hydrogens is 200 g/mol. The minimum absolute atomic E-state index is 0.0961. The first kappa shape index (κ1) is 10.9. The SMILES string of the molecule is Cc1ccc(-c2cc(CC(C)N)on2)cc1. The Hall–Kier alpha value is -1.61. The highest BCUT2D eigenvalue weighted by atomic mass is 16.5. The lowest BCUT2D eigenvalue weighted by Gasteiger charge is -1.98. The second kappa shape index (κ2) is 4.49. The number of rotatable bonds is 3. The van der Waals surface area contributed by atoms with Crippen molar-refractivity contribution in [3.8, 4) is 11.3 Å². The molecule has 0 radical (unpaired) electrons. The van der Waals surface area contributed by atoms with Crippen molar-refractivity contribution in [3.05, 3.63) is 41.7 Å². The first-order valence-electron chi connectivity index (χ1n) is 5.43. The Labute approximate surface area is 95.3 Å². The first-order valence-corrected chi connectivity index (χ1v) is 5.43. The number of benzene rings is 1. The Morgan fingerprint density at radius 2 is 2.00 bits per heavy atom. The van der Waals surface area contributed by atoms with Crippen LogP contribution in [0.5, 0.6) is 0 Å². The standard InChI is InChI=1S/C13H16N2O/c1-9-3-5-11(6-4-9)13-8-12(16-15-13)7-10(2)14/h3-6,8,10H,7,14H2,1-2H3. The molecule has 0 saturated heterocycles. The maximum absolute atomic E-state index is 5.70. The summed E-state index contributed by atoms with van der Waals surface area (Å²) in [6.45, 7) is 4.02. The van der Waals surface area contributed by atoms with Gasteiger partial charge in [-0.05, 0) is 13.8 Å². The molecule has 0 aliphatic carbocycles. The molecule has 0 saturated carbocycles. The van der Waals surface area contributed by atoms with Gasteiger partial charge < -0.3 is 10.3 Å². The summed E-state index contributed by atoms with van der Waals surface area (Å²) in [5.74, 6) is 0.838. The number of nitrogens with zero attached hydrogens (tertiary/aromatic N) is 1. The molecule has 0 amide bonds. The summed E-state index contributed by atoms with van der Waals surface area (Å²) in [6.07, 6.45) is 0.721. The zero-order valence-corrected chi connectivity index (χ0v) is 9.60. The van der Waals surface area contributed by atoms with E-state index in [0.717, 1.165) is 23.4 Å². The van der Waals surface area contributed by atoms with Crippen LogP contribution in [-0.2, 0) is 6.42 Å². The molecule has 16 heavy (non-hydrogen) atoms. The Kier molecular flexibility index (Phi) is 3.06. The monoisotopic (exact) mass is 216 g/mol. The zero-order chi connectivity index (χ0) is 11.5. The lowest BCUT2D eigenvalue weighted by atomic mass is 10.1. The fraction of sp³-hybridized carbons (Fsp3) is 0.308. The molecule has 3 nitrogen and oxygen atoms in total. The Morgan fingerprint density at radius 3 is 2.62 bits per heavy atom. The Morgan fingerprint density at radius 1 is 1.31 bits per heavy atom. The maximum Gasteiger partial charge on any atom is 0.138 e. The van der Waals surface area contributed by atoms with Gasteiger partial charge in [0.25, 0.3) is 0 Å². The molecule has 84 valence electrons. The van der Waals surface area contributed by atoms with E-state index in [1.165, 1.54) is 5.56 Å². The molecule has 1 heterocycles. The fourth-order valence-electron chi connectivity index (χ4n) is 1.59. The van der Waals surface area contributed by atoms with Crippen LogP contribution in [-0.4, -0.2) is 11.2 Å². The molecule has 1 aromatic carbocycles. The fourth-order valence-corrected chi connectivity index (χ4v) is 1.59. The highest BCUT2D eigenvalue weighted by molar-refractivity contribution is 5.59. The third-order valence-electron chi connectivity index (χ3n) is 2.43. The van der Waals surface area contributed by atoms with Gasteiger partial charge in [-0.25, -0.2) is 0 Å². The number of aryl methyl sites for hydroxylation is 1. The van der Waals surface area contributed by atoms with Crippen LogP contribution in [0.15, 0.2) is 34.9 Å². The third kappa shape index (κ3) is 2.49.